The number of nitrogens with zero attached hydrogens (tertiary/aromatic N) is 2. The van der Waals surface area contributed by atoms with Crippen LogP contribution in [0.15, 0.2) is 84.4 Å². The first-order valence-electron chi connectivity index (χ1n) is 14.3. The van der Waals surface area contributed by atoms with Crippen LogP contribution in [0.3, 0.4) is 0 Å². The second-order valence-electron chi connectivity index (χ2n) is 10.5. The molecule has 0 atom stereocenters. The highest BCUT2D eigenvalue weighted by Gasteiger charge is 2.22. The lowest BCUT2D eigenvalue weighted by molar-refractivity contribution is 0.184. The predicted molar refractivity (Wildman–Crippen MR) is 162 cm³/mol. The minimum atomic E-state index is 0.474. The van der Waals surface area contributed by atoms with Crippen LogP contribution in [0.2, 0.25) is 0 Å². The van der Waals surface area contributed by atoms with Crippen LogP contribution in [-0.4, -0.2) is 42.5 Å². The van der Waals surface area contributed by atoms with Gasteiger partial charge in [0.2, 0.25) is 0 Å². The quantitative estimate of drug-likeness (QED) is 0.205. The van der Waals surface area contributed by atoms with Gasteiger partial charge >= 0.3 is 0 Å². The van der Waals surface area contributed by atoms with Crippen molar-refractivity contribution in [1.29, 1.82) is 0 Å². The first-order chi connectivity index (χ1) is 17.3. The van der Waals surface area contributed by atoms with E-state index in [4.69, 9.17) is 0 Å². The van der Waals surface area contributed by atoms with Crippen molar-refractivity contribution in [2.45, 2.75) is 80.1 Å². The van der Waals surface area contributed by atoms with Gasteiger partial charge in [-0.25, -0.2) is 0 Å². The van der Waals surface area contributed by atoms with Crippen LogP contribution in [0, 0.1) is 11.8 Å². The topological polar surface area (TPSA) is 18.5 Å². The number of rotatable bonds is 17. The monoisotopic (exact) mass is 493 g/mol. The largest absolute Gasteiger partial charge is 0.358 e. The van der Waals surface area contributed by atoms with E-state index >= 15 is 0 Å². The van der Waals surface area contributed by atoms with Crippen LogP contribution < -0.4 is 5.32 Å². The highest BCUT2D eigenvalue weighted by Crippen LogP contribution is 2.25. The van der Waals surface area contributed by atoms with E-state index in [0.29, 0.717) is 5.92 Å². The summed E-state index contributed by atoms with van der Waals surface area (Å²) < 4.78 is 0. The molecule has 0 bridgehead atoms. The summed E-state index contributed by atoms with van der Waals surface area (Å²) in [5.41, 5.74) is 4.40. The molecule has 1 saturated heterocycles. The van der Waals surface area contributed by atoms with E-state index in [0.717, 1.165) is 42.5 Å². The maximum absolute atomic E-state index is 4.28. The fourth-order valence-corrected chi connectivity index (χ4v) is 4.65. The van der Waals surface area contributed by atoms with Crippen molar-refractivity contribution in [3.63, 3.8) is 0 Å². The molecule has 1 fully saturated rings. The van der Waals surface area contributed by atoms with Crippen LogP contribution in [-0.2, 0) is 0 Å². The summed E-state index contributed by atoms with van der Waals surface area (Å²) in [5, 5.41) is 3.75. The van der Waals surface area contributed by atoms with Crippen molar-refractivity contribution in [3.05, 3.63) is 84.4 Å². The second kappa shape index (κ2) is 18.1. The predicted octanol–water partition coefficient (Wildman–Crippen LogP) is 8.39. The van der Waals surface area contributed by atoms with Gasteiger partial charge in [0.15, 0.2) is 0 Å². The maximum atomic E-state index is 4.28. The Kier molecular flexibility index (Phi) is 15.9. The molecule has 3 heteroatoms. The van der Waals surface area contributed by atoms with Crippen molar-refractivity contribution in [3.8, 4) is 0 Å². The normalized spacial score (nSPS) is 16.6. The van der Waals surface area contributed by atoms with E-state index in [-0.39, 0.29) is 0 Å². The van der Waals surface area contributed by atoms with Crippen molar-refractivity contribution in [1.82, 2.24) is 15.1 Å². The van der Waals surface area contributed by atoms with Crippen LogP contribution in [0.1, 0.15) is 80.1 Å². The first-order valence-corrected chi connectivity index (χ1v) is 14.3. The van der Waals surface area contributed by atoms with E-state index in [1.165, 1.54) is 62.9 Å². The highest BCUT2D eigenvalue weighted by molar-refractivity contribution is 5.40. The molecule has 0 aromatic heterocycles. The van der Waals surface area contributed by atoms with Gasteiger partial charge in [-0.05, 0) is 106 Å². The van der Waals surface area contributed by atoms with E-state index in [2.05, 4.69) is 101 Å². The number of allylic oxidation sites excluding steroid dienone is 9. The average molecular weight is 494 g/mol. The summed E-state index contributed by atoms with van der Waals surface area (Å²) in [6.45, 7) is 31.4. The van der Waals surface area contributed by atoms with Gasteiger partial charge in [-0.2, -0.15) is 0 Å². The van der Waals surface area contributed by atoms with Crippen molar-refractivity contribution >= 4 is 0 Å². The standard InChI is InChI=1S/C33H55N3/c1-10-20-35(21-11-2)22-17-31-18-23-36(24-19-31)33(29(9)12-3)34-32(16-15-27(6)7)26-28(8)25-30(13-4)14-5/h12-13,15-16,25-27,31,34H,3-4,8,10-11,14,17-24H2,1-2,5-7,9H3/b16-15-,30-25+,32-26+,33-29-. The molecule has 0 aromatic rings. The number of nitrogens with one attached hydrogen (secondary N) is 1. The molecule has 0 aromatic carbocycles. The SMILES string of the molecule is C=C/C(=C\C(=C)/C=C(\C=C/C(C)C)N/C(=C(\C)C=C)N1CCC(CCN(CCC)CCC)CC1)CC. The minimum Gasteiger partial charge on any atom is -0.358 e. The van der Waals surface area contributed by atoms with Crippen LogP contribution in [0.4, 0.5) is 0 Å². The Bertz CT molecular complexity index is 795. The molecule has 3 nitrogen and oxygen atoms in total. The molecule has 1 N–H and O–H groups in total. The molecule has 0 spiro atoms. The Morgan fingerprint density at radius 3 is 2.14 bits per heavy atom. The summed E-state index contributed by atoms with van der Waals surface area (Å²) in [6.07, 6.45) is 19.8. The third-order valence-electron chi connectivity index (χ3n) is 6.85. The summed E-state index contributed by atoms with van der Waals surface area (Å²) >= 11 is 0. The Labute approximate surface area is 224 Å². The molecule has 202 valence electrons. The van der Waals surface area contributed by atoms with Crippen LogP contribution >= 0.6 is 0 Å². The summed E-state index contributed by atoms with van der Waals surface area (Å²) in [7, 11) is 0. The number of hydrogen-bond acceptors (Lipinski definition) is 3. The zero-order chi connectivity index (χ0) is 26.9. The molecular formula is C33H55N3. The lowest BCUT2D eigenvalue weighted by Crippen LogP contribution is -2.39. The molecule has 0 radical (unpaired) electrons. The molecular weight excluding hydrogens is 438 g/mol. The van der Waals surface area contributed by atoms with Crippen molar-refractivity contribution in [2.24, 2.45) is 11.8 Å². The zero-order valence-corrected chi connectivity index (χ0v) is 24.4. The summed E-state index contributed by atoms with van der Waals surface area (Å²) in [4.78, 5) is 5.16. The summed E-state index contributed by atoms with van der Waals surface area (Å²) in [6, 6.07) is 0. The molecule has 0 unspecified atom stereocenters. The molecule has 36 heavy (non-hydrogen) atoms. The number of likely N-dealkylation sites (tertiary alicyclic amines) is 1. The molecule has 0 aliphatic carbocycles. The Balaban J connectivity index is 2.98. The lowest BCUT2D eigenvalue weighted by atomic mass is 9.93. The molecule has 1 aliphatic rings. The molecule has 0 amide bonds. The zero-order valence-electron chi connectivity index (χ0n) is 24.4. The summed E-state index contributed by atoms with van der Waals surface area (Å²) in [5.74, 6) is 2.45. The Morgan fingerprint density at radius 1 is 1.00 bits per heavy atom. The Hall–Kier alpha value is -2.26. The second-order valence-corrected chi connectivity index (χ2v) is 10.5. The molecule has 1 rings (SSSR count). The van der Waals surface area contributed by atoms with Gasteiger partial charge in [-0.15, -0.1) is 0 Å². The van der Waals surface area contributed by atoms with Gasteiger partial charge in [0, 0.05) is 18.8 Å². The Morgan fingerprint density at radius 2 is 1.64 bits per heavy atom. The smallest absolute Gasteiger partial charge is 0.109 e. The van der Waals surface area contributed by atoms with E-state index in [1.807, 2.05) is 12.2 Å². The average Bonchev–Trinajstić information content (AvgIpc) is 2.87. The fourth-order valence-electron chi connectivity index (χ4n) is 4.65. The highest BCUT2D eigenvalue weighted by atomic mass is 15.2. The van der Waals surface area contributed by atoms with E-state index < -0.39 is 0 Å². The lowest BCUT2D eigenvalue weighted by Gasteiger charge is -2.37. The number of piperidine rings is 1. The fraction of sp³-hybridized carbons (Fsp3) is 0.576. The maximum Gasteiger partial charge on any atom is 0.109 e. The van der Waals surface area contributed by atoms with Gasteiger partial charge in [-0.1, -0.05) is 78.7 Å². The minimum absolute atomic E-state index is 0.474. The molecule has 1 aliphatic heterocycles. The third-order valence-corrected chi connectivity index (χ3v) is 6.85. The number of hydrogen-bond donors (Lipinski definition) is 1. The van der Waals surface area contributed by atoms with E-state index in [1.54, 1.807) is 0 Å². The molecule has 1 heterocycles. The van der Waals surface area contributed by atoms with Gasteiger partial charge < -0.3 is 15.1 Å². The van der Waals surface area contributed by atoms with Crippen molar-refractivity contribution in [2.75, 3.05) is 32.7 Å². The van der Waals surface area contributed by atoms with Gasteiger partial charge in [-0.3, -0.25) is 0 Å². The molecule has 0 saturated carbocycles. The van der Waals surface area contributed by atoms with Gasteiger partial charge in [0.25, 0.3) is 0 Å². The van der Waals surface area contributed by atoms with Gasteiger partial charge in [0.1, 0.15) is 5.82 Å². The van der Waals surface area contributed by atoms with Crippen LogP contribution in [0.25, 0.3) is 0 Å². The van der Waals surface area contributed by atoms with Gasteiger partial charge in [0.05, 0.1) is 0 Å². The van der Waals surface area contributed by atoms with E-state index in [9.17, 15) is 0 Å². The first kappa shape index (κ1) is 31.8. The van der Waals surface area contributed by atoms with Crippen molar-refractivity contribution < 1.29 is 0 Å². The third kappa shape index (κ3) is 12.1. The van der Waals surface area contributed by atoms with Crippen LogP contribution in [0.5, 0.6) is 0 Å².